The number of nitro benzene ring substituents is 1. The van der Waals surface area contributed by atoms with Gasteiger partial charge < -0.3 is 4.74 Å². The number of rotatable bonds is 5. The van der Waals surface area contributed by atoms with Crippen LogP contribution in [0.3, 0.4) is 0 Å². The van der Waals surface area contributed by atoms with Gasteiger partial charge in [0.15, 0.2) is 5.75 Å². The minimum Gasteiger partial charge on any atom is -0.487 e. The molecule has 0 saturated heterocycles. The molecule has 0 N–H and O–H groups in total. The van der Waals surface area contributed by atoms with Crippen LogP contribution in [-0.4, -0.2) is 18.1 Å². The molecule has 0 saturated carbocycles. The van der Waals surface area contributed by atoms with E-state index in [9.17, 15) is 10.1 Å². The maximum absolute atomic E-state index is 10.7. The van der Waals surface area contributed by atoms with Crippen molar-refractivity contribution in [2.75, 3.05) is 13.2 Å². The van der Waals surface area contributed by atoms with Crippen molar-refractivity contribution in [2.45, 2.75) is 6.92 Å². The molecule has 7 nitrogen and oxygen atoms in total. The van der Waals surface area contributed by atoms with Crippen LogP contribution in [-0.2, 0) is 0 Å². The van der Waals surface area contributed by atoms with Crippen LogP contribution in [0.1, 0.15) is 5.56 Å². The molecule has 0 radical (unpaired) electrons. The monoisotopic (exact) mass is 222 g/mol. The van der Waals surface area contributed by atoms with Crippen molar-refractivity contribution in [3.05, 3.63) is 44.3 Å². The molecule has 0 aromatic heterocycles. The first kappa shape index (κ1) is 11.8. The van der Waals surface area contributed by atoms with Gasteiger partial charge in [-0.3, -0.25) is 10.1 Å². The Balaban J connectivity index is 2.79. The summed E-state index contributed by atoms with van der Waals surface area (Å²) in [5, 5.41) is 13.9. The highest BCUT2D eigenvalue weighted by Gasteiger charge is 2.14. The van der Waals surface area contributed by atoms with Gasteiger partial charge in [-0.25, -0.2) is 0 Å². The first-order chi connectivity index (χ1) is 7.65. The molecule has 1 aromatic rings. The quantitative estimate of drug-likeness (QED) is 0.191. The van der Waals surface area contributed by atoms with Crippen molar-refractivity contribution in [2.24, 2.45) is 5.11 Å². The molecule has 1 rings (SSSR count). The molecular weight excluding hydrogens is 212 g/mol. The Morgan fingerprint density at radius 3 is 3.00 bits per heavy atom. The molecule has 84 valence electrons. The number of hydrogen-bond acceptors (Lipinski definition) is 4. The Hall–Kier alpha value is -2.27. The first-order valence-corrected chi connectivity index (χ1v) is 4.54. The fourth-order valence-electron chi connectivity index (χ4n) is 1.13. The predicted molar refractivity (Wildman–Crippen MR) is 57.3 cm³/mol. The lowest BCUT2D eigenvalue weighted by atomic mass is 10.2. The van der Waals surface area contributed by atoms with E-state index in [2.05, 4.69) is 10.0 Å². The van der Waals surface area contributed by atoms with Crippen LogP contribution >= 0.6 is 0 Å². The normalized spacial score (nSPS) is 9.31. The number of ether oxygens (including phenoxy) is 1. The van der Waals surface area contributed by atoms with E-state index >= 15 is 0 Å². The molecule has 0 heterocycles. The van der Waals surface area contributed by atoms with Crippen LogP contribution in [0.2, 0.25) is 0 Å². The van der Waals surface area contributed by atoms with Gasteiger partial charge in [0.05, 0.1) is 18.1 Å². The SMILES string of the molecule is Cc1ccc([N+](=O)[O-])c(OCCN=[N+]=[N-])c1. The van der Waals surface area contributed by atoms with Gasteiger partial charge in [0, 0.05) is 11.0 Å². The molecule has 1 aromatic carbocycles. The van der Waals surface area contributed by atoms with Crippen molar-refractivity contribution >= 4 is 5.69 Å². The van der Waals surface area contributed by atoms with Gasteiger partial charge in [0.1, 0.15) is 0 Å². The van der Waals surface area contributed by atoms with Crippen molar-refractivity contribution in [3.8, 4) is 5.75 Å². The number of aryl methyl sites for hydroxylation is 1. The average molecular weight is 222 g/mol. The first-order valence-electron chi connectivity index (χ1n) is 4.54. The molecular formula is C9H10N4O3. The predicted octanol–water partition coefficient (Wildman–Crippen LogP) is 2.59. The fraction of sp³-hybridized carbons (Fsp3) is 0.333. The van der Waals surface area contributed by atoms with Gasteiger partial charge in [-0.15, -0.1) is 0 Å². The van der Waals surface area contributed by atoms with Gasteiger partial charge in [0.25, 0.3) is 0 Å². The number of nitro groups is 1. The van der Waals surface area contributed by atoms with Gasteiger partial charge in [-0.2, -0.15) is 0 Å². The summed E-state index contributed by atoms with van der Waals surface area (Å²) in [6.45, 7) is 2.07. The Morgan fingerprint density at radius 2 is 2.38 bits per heavy atom. The topological polar surface area (TPSA) is 101 Å². The molecule has 0 spiro atoms. The fourth-order valence-corrected chi connectivity index (χ4v) is 1.13. The summed E-state index contributed by atoms with van der Waals surface area (Å²) in [6.07, 6.45) is 0. The molecule has 16 heavy (non-hydrogen) atoms. The Labute approximate surface area is 91.4 Å². The summed E-state index contributed by atoms with van der Waals surface area (Å²) in [5.41, 5.74) is 8.82. The Bertz CT molecular complexity index is 440. The van der Waals surface area contributed by atoms with Crippen LogP contribution < -0.4 is 4.74 Å². The van der Waals surface area contributed by atoms with Gasteiger partial charge >= 0.3 is 5.69 Å². The summed E-state index contributed by atoms with van der Waals surface area (Å²) >= 11 is 0. The number of azide groups is 1. The van der Waals surface area contributed by atoms with E-state index in [1.54, 1.807) is 12.1 Å². The van der Waals surface area contributed by atoms with Gasteiger partial charge in [-0.05, 0) is 24.1 Å². The minimum absolute atomic E-state index is 0.0912. The lowest BCUT2D eigenvalue weighted by Crippen LogP contribution is -2.03. The van der Waals surface area contributed by atoms with E-state index in [-0.39, 0.29) is 24.6 Å². The molecule has 0 amide bonds. The lowest BCUT2D eigenvalue weighted by molar-refractivity contribution is -0.385. The largest absolute Gasteiger partial charge is 0.487 e. The molecule has 0 aliphatic carbocycles. The Kier molecular flexibility index (Phi) is 4.11. The second kappa shape index (κ2) is 5.57. The molecule has 0 bridgehead atoms. The van der Waals surface area contributed by atoms with E-state index in [0.717, 1.165) is 5.56 Å². The minimum atomic E-state index is -0.512. The summed E-state index contributed by atoms with van der Waals surface area (Å²) < 4.78 is 5.17. The summed E-state index contributed by atoms with van der Waals surface area (Å²) in [4.78, 5) is 12.7. The summed E-state index contributed by atoms with van der Waals surface area (Å²) in [5.74, 6) is 0.193. The molecule has 7 heteroatoms. The smallest absolute Gasteiger partial charge is 0.310 e. The van der Waals surface area contributed by atoms with E-state index in [4.69, 9.17) is 10.3 Å². The van der Waals surface area contributed by atoms with Crippen LogP contribution in [0.5, 0.6) is 5.75 Å². The number of benzene rings is 1. The summed E-state index contributed by atoms with van der Waals surface area (Å²) in [7, 11) is 0. The zero-order valence-electron chi connectivity index (χ0n) is 8.66. The van der Waals surface area contributed by atoms with Crippen LogP contribution in [0, 0.1) is 17.0 Å². The third kappa shape index (κ3) is 3.14. The summed E-state index contributed by atoms with van der Waals surface area (Å²) in [6, 6.07) is 4.60. The molecule has 0 fully saturated rings. The molecule has 0 atom stereocenters. The average Bonchev–Trinajstić information content (AvgIpc) is 2.24. The Morgan fingerprint density at radius 1 is 1.62 bits per heavy atom. The standard InChI is InChI=1S/C9H10N4O3/c1-7-2-3-8(13(14)15)9(6-7)16-5-4-11-12-10/h2-3,6H,4-5H2,1H3. The van der Waals surface area contributed by atoms with Crippen molar-refractivity contribution in [1.29, 1.82) is 0 Å². The third-order valence-corrected chi connectivity index (χ3v) is 1.82. The zero-order valence-corrected chi connectivity index (χ0v) is 8.66. The van der Waals surface area contributed by atoms with Crippen LogP contribution in [0.25, 0.3) is 10.4 Å². The van der Waals surface area contributed by atoms with Crippen LogP contribution in [0.15, 0.2) is 23.3 Å². The number of hydrogen-bond donors (Lipinski definition) is 0. The van der Waals surface area contributed by atoms with Crippen LogP contribution in [0.4, 0.5) is 5.69 Å². The maximum Gasteiger partial charge on any atom is 0.310 e. The zero-order chi connectivity index (χ0) is 12.0. The highest BCUT2D eigenvalue weighted by Crippen LogP contribution is 2.27. The van der Waals surface area contributed by atoms with Crippen molar-refractivity contribution in [1.82, 2.24) is 0 Å². The van der Waals surface area contributed by atoms with E-state index in [1.807, 2.05) is 6.92 Å². The second-order valence-electron chi connectivity index (χ2n) is 3.03. The highest BCUT2D eigenvalue weighted by molar-refractivity contribution is 5.48. The highest BCUT2D eigenvalue weighted by atomic mass is 16.6. The molecule has 0 aliphatic heterocycles. The number of nitrogens with zero attached hydrogens (tertiary/aromatic N) is 4. The van der Waals surface area contributed by atoms with Crippen molar-refractivity contribution < 1.29 is 9.66 Å². The third-order valence-electron chi connectivity index (χ3n) is 1.82. The van der Waals surface area contributed by atoms with Gasteiger partial charge in [-0.1, -0.05) is 11.2 Å². The molecule has 0 unspecified atom stereocenters. The maximum atomic E-state index is 10.7. The van der Waals surface area contributed by atoms with E-state index < -0.39 is 4.92 Å². The second-order valence-corrected chi connectivity index (χ2v) is 3.03. The lowest BCUT2D eigenvalue weighted by Gasteiger charge is -2.05. The van der Waals surface area contributed by atoms with E-state index in [1.165, 1.54) is 6.07 Å². The van der Waals surface area contributed by atoms with E-state index in [0.29, 0.717) is 0 Å². The van der Waals surface area contributed by atoms with Gasteiger partial charge in [0.2, 0.25) is 0 Å². The van der Waals surface area contributed by atoms with Crippen molar-refractivity contribution in [3.63, 3.8) is 0 Å². The molecule has 0 aliphatic rings.